The minimum Gasteiger partial charge on any atom is -0.481 e. The highest BCUT2D eigenvalue weighted by Gasteiger charge is 2.26. The monoisotopic (exact) mass is 291 g/mol. The van der Waals surface area contributed by atoms with E-state index in [9.17, 15) is 14.9 Å². The molecule has 1 N–H and O–H groups in total. The Morgan fingerprint density at radius 1 is 1.43 bits per heavy atom. The van der Waals surface area contributed by atoms with Crippen molar-refractivity contribution in [3.63, 3.8) is 0 Å². The van der Waals surface area contributed by atoms with Gasteiger partial charge >= 0.3 is 11.7 Å². The van der Waals surface area contributed by atoms with Gasteiger partial charge in [0.2, 0.25) is 0 Å². The number of benzene rings is 1. The predicted octanol–water partition coefficient (Wildman–Crippen LogP) is 2.06. The lowest BCUT2D eigenvalue weighted by Crippen LogP contribution is -2.00. The van der Waals surface area contributed by atoms with Gasteiger partial charge in [0, 0.05) is 7.05 Å². The number of aromatic nitrogens is 2. The number of aliphatic carboxylic acids is 1. The van der Waals surface area contributed by atoms with Crippen LogP contribution in [0.1, 0.15) is 11.3 Å². The Hall–Kier alpha value is -2.90. The van der Waals surface area contributed by atoms with Gasteiger partial charge in [-0.05, 0) is 24.6 Å². The second-order valence-electron chi connectivity index (χ2n) is 4.44. The van der Waals surface area contributed by atoms with Crippen LogP contribution in [0.2, 0.25) is 0 Å². The first-order chi connectivity index (χ1) is 9.88. The molecule has 0 aliphatic heterocycles. The van der Waals surface area contributed by atoms with Crippen molar-refractivity contribution in [3.8, 4) is 11.6 Å². The fraction of sp³-hybridized carbons (Fsp3) is 0.231. The van der Waals surface area contributed by atoms with Crippen molar-refractivity contribution in [1.29, 1.82) is 0 Å². The highest BCUT2D eigenvalue weighted by molar-refractivity contribution is 5.70. The Balaban J connectivity index is 2.26. The molecule has 0 fully saturated rings. The van der Waals surface area contributed by atoms with E-state index < -0.39 is 10.9 Å². The molecule has 0 saturated heterocycles. The molecule has 8 heteroatoms. The van der Waals surface area contributed by atoms with Gasteiger partial charge in [-0.15, -0.1) is 0 Å². The second kappa shape index (κ2) is 5.61. The largest absolute Gasteiger partial charge is 0.481 e. The van der Waals surface area contributed by atoms with Crippen LogP contribution in [-0.4, -0.2) is 25.8 Å². The third-order valence-electron chi connectivity index (χ3n) is 2.81. The number of hydrogen-bond acceptors (Lipinski definition) is 5. The molecule has 0 amide bonds. The second-order valence-corrected chi connectivity index (χ2v) is 4.44. The summed E-state index contributed by atoms with van der Waals surface area (Å²) >= 11 is 0. The van der Waals surface area contributed by atoms with E-state index in [-0.39, 0.29) is 23.7 Å². The summed E-state index contributed by atoms with van der Waals surface area (Å²) < 4.78 is 6.78. The lowest BCUT2D eigenvalue weighted by atomic mass is 10.1. The first kappa shape index (κ1) is 14.5. The minimum atomic E-state index is -0.929. The molecule has 0 aliphatic carbocycles. The standard InChI is InChI=1S/C13H13N3O5/c1-8-12(16(19)20)13(15(2)14-8)21-10-5-3-9(4-6-10)7-11(17)18/h3-6H,7H2,1-2H3,(H,17,18). The van der Waals surface area contributed by atoms with Crippen LogP contribution in [0.15, 0.2) is 24.3 Å². The van der Waals surface area contributed by atoms with Crippen LogP contribution in [0, 0.1) is 17.0 Å². The summed E-state index contributed by atoms with van der Waals surface area (Å²) in [6.07, 6.45) is -0.0920. The average Bonchev–Trinajstić information content (AvgIpc) is 2.66. The number of carboxylic acids is 1. The highest BCUT2D eigenvalue weighted by Crippen LogP contribution is 2.33. The average molecular weight is 291 g/mol. The molecular weight excluding hydrogens is 278 g/mol. The Kier molecular flexibility index (Phi) is 3.88. The molecule has 1 aromatic carbocycles. The summed E-state index contributed by atoms with van der Waals surface area (Å²) in [7, 11) is 1.55. The van der Waals surface area contributed by atoms with E-state index >= 15 is 0 Å². The predicted molar refractivity (Wildman–Crippen MR) is 72.5 cm³/mol. The number of nitro groups is 1. The van der Waals surface area contributed by atoms with E-state index in [4.69, 9.17) is 9.84 Å². The molecule has 0 spiro atoms. The smallest absolute Gasteiger partial charge is 0.353 e. The first-order valence-electron chi connectivity index (χ1n) is 6.05. The summed E-state index contributed by atoms with van der Waals surface area (Å²) in [5.74, 6) is -0.528. The Bertz CT molecular complexity index is 691. The number of carboxylic acid groups (broad SMARTS) is 1. The normalized spacial score (nSPS) is 10.4. The van der Waals surface area contributed by atoms with Crippen LogP contribution in [-0.2, 0) is 18.3 Å². The number of ether oxygens (including phenoxy) is 1. The highest BCUT2D eigenvalue weighted by atomic mass is 16.6. The number of nitrogens with zero attached hydrogens (tertiary/aromatic N) is 3. The van der Waals surface area contributed by atoms with Gasteiger partial charge in [-0.2, -0.15) is 5.10 Å². The van der Waals surface area contributed by atoms with Gasteiger partial charge < -0.3 is 9.84 Å². The van der Waals surface area contributed by atoms with Crippen LogP contribution in [0.5, 0.6) is 11.6 Å². The maximum atomic E-state index is 11.0. The maximum Gasteiger partial charge on any atom is 0.353 e. The van der Waals surface area contributed by atoms with Crippen LogP contribution < -0.4 is 4.74 Å². The van der Waals surface area contributed by atoms with Crippen molar-refractivity contribution < 1.29 is 19.6 Å². The minimum absolute atomic E-state index is 0.0310. The molecule has 0 radical (unpaired) electrons. The summed E-state index contributed by atoms with van der Waals surface area (Å²) in [5, 5.41) is 23.7. The zero-order valence-electron chi connectivity index (χ0n) is 11.4. The molecule has 2 aromatic rings. The van der Waals surface area contributed by atoms with Crippen LogP contribution in [0.3, 0.4) is 0 Å². The Morgan fingerprint density at radius 3 is 2.57 bits per heavy atom. The van der Waals surface area contributed by atoms with Gasteiger partial charge in [-0.1, -0.05) is 12.1 Å². The summed E-state index contributed by atoms with van der Waals surface area (Å²) in [4.78, 5) is 21.1. The quantitative estimate of drug-likeness (QED) is 0.667. The molecule has 21 heavy (non-hydrogen) atoms. The molecule has 0 aliphatic rings. The third kappa shape index (κ3) is 3.16. The molecule has 1 heterocycles. The van der Waals surface area contributed by atoms with E-state index in [1.165, 1.54) is 11.6 Å². The molecule has 110 valence electrons. The van der Waals surface area contributed by atoms with E-state index in [1.807, 2.05) is 0 Å². The number of aryl methyl sites for hydroxylation is 2. The SMILES string of the molecule is Cc1nn(C)c(Oc2ccc(CC(=O)O)cc2)c1[N+](=O)[O-]. The molecular formula is C13H13N3O5. The van der Waals surface area contributed by atoms with Gasteiger partial charge in [0.1, 0.15) is 11.4 Å². The lowest BCUT2D eigenvalue weighted by molar-refractivity contribution is -0.386. The van der Waals surface area contributed by atoms with E-state index in [0.717, 1.165) is 0 Å². The number of rotatable bonds is 5. The Morgan fingerprint density at radius 2 is 2.05 bits per heavy atom. The lowest BCUT2D eigenvalue weighted by Gasteiger charge is -2.05. The van der Waals surface area contributed by atoms with Gasteiger partial charge in [-0.25, -0.2) is 4.68 Å². The van der Waals surface area contributed by atoms with E-state index in [1.54, 1.807) is 31.3 Å². The first-order valence-corrected chi connectivity index (χ1v) is 6.05. The fourth-order valence-electron chi connectivity index (χ4n) is 1.91. The van der Waals surface area contributed by atoms with Gasteiger partial charge in [0.25, 0.3) is 5.88 Å². The van der Waals surface area contributed by atoms with Crippen molar-refractivity contribution in [2.75, 3.05) is 0 Å². The summed E-state index contributed by atoms with van der Waals surface area (Å²) in [6, 6.07) is 6.31. The van der Waals surface area contributed by atoms with Crippen molar-refractivity contribution in [2.24, 2.45) is 7.05 Å². The van der Waals surface area contributed by atoms with Crippen LogP contribution >= 0.6 is 0 Å². The molecule has 2 rings (SSSR count). The molecule has 0 saturated carbocycles. The Labute approximate surface area is 119 Å². The fourth-order valence-corrected chi connectivity index (χ4v) is 1.91. The topological polar surface area (TPSA) is 107 Å². The third-order valence-corrected chi connectivity index (χ3v) is 2.81. The van der Waals surface area contributed by atoms with Gasteiger partial charge in [-0.3, -0.25) is 14.9 Å². The molecule has 0 bridgehead atoms. The van der Waals surface area contributed by atoms with Crippen molar-refractivity contribution in [3.05, 3.63) is 45.6 Å². The maximum absolute atomic E-state index is 11.0. The van der Waals surface area contributed by atoms with E-state index in [0.29, 0.717) is 11.3 Å². The van der Waals surface area contributed by atoms with Crippen molar-refractivity contribution in [2.45, 2.75) is 13.3 Å². The van der Waals surface area contributed by atoms with Crippen LogP contribution in [0.4, 0.5) is 5.69 Å². The number of hydrogen-bond donors (Lipinski definition) is 1. The van der Waals surface area contributed by atoms with Crippen molar-refractivity contribution >= 4 is 11.7 Å². The van der Waals surface area contributed by atoms with Gasteiger partial charge in [0.05, 0.1) is 11.3 Å². The molecule has 0 unspecified atom stereocenters. The molecule has 1 aromatic heterocycles. The number of carbonyl (C=O) groups is 1. The van der Waals surface area contributed by atoms with E-state index in [2.05, 4.69) is 5.10 Å². The van der Waals surface area contributed by atoms with Crippen molar-refractivity contribution in [1.82, 2.24) is 9.78 Å². The molecule has 0 atom stereocenters. The zero-order valence-corrected chi connectivity index (χ0v) is 11.4. The molecule has 8 nitrogen and oxygen atoms in total. The summed E-state index contributed by atoms with van der Waals surface area (Å²) in [5.41, 5.74) is 0.692. The zero-order chi connectivity index (χ0) is 15.6. The van der Waals surface area contributed by atoms with Gasteiger partial charge in [0.15, 0.2) is 0 Å². The van der Waals surface area contributed by atoms with Crippen LogP contribution in [0.25, 0.3) is 0 Å². The summed E-state index contributed by atoms with van der Waals surface area (Å²) in [6.45, 7) is 1.53.